The molecule has 1 radical (unpaired) electrons. The molecule has 0 spiro atoms. The molecule has 0 unspecified atom stereocenters. The van der Waals surface area contributed by atoms with Crippen molar-refractivity contribution in [2.75, 3.05) is 24.6 Å². The maximum Gasteiger partial charge on any atom is 0.736 e. The number of hydrogen-bond acceptors (Lipinski definition) is 6. The zero-order valence-electron chi connectivity index (χ0n) is 11.5. The van der Waals surface area contributed by atoms with E-state index in [1.54, 1.807) is 48.5 Å². The van der Waals surface area contributed by atoms with E-state index in [4.69, 9.17) is 30.5 Å². The van der Waals surface area contributed by atoms with Gasteiger partial charge in [-0.15, -0.1) is 0 Å². The van der Waals surface area contributed by atoms with Crippen molar-refractivity contribution in [3.63, 3.8) is 0 Å². The summed E-state index contributed by atoms with van der Waals surface area (Å²) in [5.41, 5.74) is 18.1. The van der Waals surface area contributed by atoms with E-state index in [0.29, 0.717) is 36.0 Å². The Hall–Kier alpha value is -2.22. The van der Waals surface area contributed by atoms with Crippen LogP contribution in [0.2, 0.25) is 0 Å². The zero-order valence-corrected chi connectivity index (χ0v) is 12.5. The summed E-state index contributed by atoms with van der Waals surface area (Å²) in [5.74, 6) is 1.26. The van der Waals surface area contributed by atoms with Gasteiger partial charge in [-0.3, -0.25) is 0 Å². The first kappa shape index (κ1) is 15.2. The summed E-state index contributed by atoms with van der Waals surface area (Å²) in [6.07, 6.45) is 0. The SMILES string of the molecule is NCCO[Si](Oc1ccc(N)cc1)Oc1ccc(N)cc1. The predicted molar refractivity (Wildman–Crippen MR) is 83.7 cm³/mol. The molecular weight excluding hydrogens is 286 g/mol. The van der Waals surface area contributed by atoms with Crippen LogP contribution in [0.15, 0.2) is 48.5 Å². The van der Waals surface area contributed by atoms with E-state index in [1.807, 2.05) is 0 Å². The maximum absolute atomic E-state index is 5.72. The second-order valence-electron chi connectivity index (χ2n) is 4.23. The average molecular weight is 304 g/mol. The summed E-state index contributed by atoms with van der Waals surface area (Å²) < 4.78 is 17.0. The smallest absolute Gasteiger partial charge is 0.489 e. The summed E-state index contributed by atoms with van der Waals surface area (Å²) >= 11 is 0. The number of anilines is 2. The van der Waals surface area contributed by atoms with Crippen LogP contribution in [-0.4, -0.2) is 22.7 Å². The molecule has 0 atom stereocenters. The Bertz CT molecular complexity index is 501. The van der Waals surface area contributed by atoms with E-state index in [1.165, 1.54) is 0 Å². The van der Waals surface area contributed by atoms with Crippen LogP contribution in [0.5, 0.6) is 11.5 Å². The second-order valence-corrected chi connectivity index (χ2v) is 5.43. The molecule has 0 aromatic heterocycles. The van der Waals surface area contributed by atoms with Crippen LogP contribution < -0.4 is 26.1 Å². The van der Waals surface area contributed by atoms with Gasteiger partial charge in [0.05, 0.1) is 6.61 Å². The molecule has 0 amide bonds. The van der Waals surface area contributed by atoms with Crippen LogP contribution in [0.1, 0.15) is 0 Å². The van der Waals surface area contributed by atoms with Gasteiger partial charge < -0.3 is 30.5 Å². The summed E-state index contributed by atoms with van der Waals surface area (Å²) in [4.78, 5) is 0. The summed E-state index contributed by atoms with van der Waals surface area (Å²) in [6, 6.07) is 14.1. The van der Waals surface area contributed by atoms with Gasteiger partial charge in [-0.1, -0.05) is 0 Å². The van der Waals surface area contributed by atoms with Gasteiger partial charge in [-0.25, -0.2) is 0 Å². The number of nitrogen functional groups attached to an aromatic ring is 2. The Balaban J connectivity index is 2.02. The topological polar surface area (TPSA) is 106 Å². The minimum atomic E-state index is -2.00. The lowest BCUT2D eigenvalue weighted by Crippen LogP contribution is -2.35. The quantitative estimate of drug-likeness (QED) is 0.525. The maximum atomic E-state index is 5.72. The molecule has 0 aliphatic rings. The number of nitrogens with two attached hydrogens (primary N) is 3. The lowest BCUT2D eigenvalue weighted by Gasteiger charge is -2.16. The number of rotatable bonds is 7. The zero-order chi connectivity index (χ0) is 15.1. The fourth-order valence-corrected chi connectivity index (χ4v) is 2.59. The third-order valence-corrected chi connectivity index (χ3v) is 3.74. The Labute approximate surface area is 125 Å². The highest BCUT2D eigenvalue weighted by atomic mass is 28.3. The first-order valence-corrected chi connectivity index (χ1v) is 7.66. The van der Waals surface area contributed by atoms with Crippen molar-refractivity contribution in [2.24, 2.45) is 5.73 Å². The Morgan fingerprint density at radius 3 is 1.57 bits per heavy atom. The van der Waals surface area contributed by atoms with Crippen LogP contribution in [0.4, 0.5) is 11.4 Å². The lowest BCUT2D eigenvalue weighted by molar-refractivity contribution is 0.207. The Morgan fingerprint density at radius 2 is 1.19 bits per heavy atom. The summed E-state index contributed by atoms with van der Waals surface area (Å²) in [6.45, 7) is 0.753. The van der Waals surface area contributed by atoms with Crippen molar-refractivity contribution in [1.82, 2.24) is 0 Å². The van der Waals surface area contributed by atoms with Gasteiger partial charge in [0.25, 0.3) is 0 Å². The third-order valence-electron chi connectivity index (χ3n) is 2.50. The normalized spacial score (nSPS) is 10.6. The van der Waals surface area contributed by atoms with Crippen LogP contribution in [0.3, 0.4) is 0 Å². The molecule has 7 heteroatoms. The van der Waals surface area contributed by atoms with Crippen LogP contribution >= 0.6 is 0 Å². The average Bonchev–Trinajstić information content (AvgIpc) is 2.49. The molecule has 0 fully saturated rings. The van der Waals surface area contributed by atoms with Gasteiger partial charge in [-0.05, 0) is 48.5 Å². The standard InChI is InChI=1S/C14H18N3O3Si/c15-9-10-18-21(19-13-5-1-11(16)2-6-13)20-14-7-3-12(17)4-8-14/h1-8H,9-10,15-17H2. The van der Waals surface area contributed by atoms with Crippen LogP contribution in [-0.2, 0) is 4.43 Å². The molecule has 0 saturated carbocycles. The van der Waals surface area contributed by atoms with Gasteiger partial charge in [-0.2, -0.15) is 0 Å². The van der Waals surface area contributed by atoms with Gasteiger partial charge >= 0.3 is 9.53 Å². The van der Waals surface area contributed by atoms with E-state index in [0.717, 1.165) is 0 Å². The van der Waals surface area contributed by atoms with E-state index in [2.05, 4.69) is 0 Å². The van der Waals surface area contributed by atoms with Gasteiger partial charge in [0.2, 0.25) is 0 Å². The fourth-order valence-electron chi connectivity index (χ4n) is 1.49. The first-order valence-electron chi connectivity index (χ1n) is 6.44. The second kappa shape index (κ2) is 7.53. The lowest BCUT2D eigenvalue weighted by atomic mass is 10.3. The van der Waals surface area contributed by atoms with Crippen molar-refractivity contribution >= 4 is 20.9 Å². The van der Waals surface area contributed by atoms with Gasteiger partial charge in [0.15, 0.2) is 0 Å². The molecule has 2 rings (SSSR count). The molecule has 2 aromatic rings. The predicted octanol–water partition coefficient (Wildman–Crippen LogP) is 1.27. The molecule has 0 aliphatic carbocycles. The van der Waals surface area contributed by atoms with Gasteiger partial charge in [0.1, 0.15) is 11.5 Å². The number of benzene rings is 2. The molecule has 0 saturated heterocycles. The highest BCUT2D eigenvalue weighted by Gasteiger charge is 2.24. The molecule has 6 N–H and O–H groups in total. The minimum absolute atomic E-state index is 0.359. The van der Waals surface area contributed by atoms with E-state index < -0.39 is 9.53 Å². The largest absolute Gasteiger partial charge is 0.736 e. The summed E-state index contributed by atoms with van der Waals surface area (Å²) in [5, 5.41) is 0. The van der Waals surface area contributed by atoms with E-state index in [-0.39, 0.29) is 0 Å². The van der Waals surface area contributed by atoms with Crippen molar-refractivity contribution < 1.29 is 13.3 Å². The molecule has 6 nitrogen and oxygen atoms in total. The van der Waals surface area contributed by atoms with E-state index >= 15 is 0 Å². The molecule has 0 heterocycles. The van der Waals surface area contributed by atoms with Crippen molar-refractivity contribution in [3.05, 3.63) is 48.5 Å². The summed E-state index contributed by atoms with van der Waals surface area (Å²) in [7, 11) is -2.00. The number of hydrogen-bond donors (Lipinski definition) is 3. The highest BCUT2D eigenvalue weighted by Crippen LogP contribution is 2.18. The van der Waals surface area contributed by atoms with Crippen molar-refractivity contribution in [1.29, 1.82) is 0 Å². The molecule has 0 bridgehead atoms. The molecule has 2 aromatic carbocycles. The monoisotopic (exact) mass is 304 g/mol. The van der Waals surface area contributed by atoms with Crippen LogP contribution in [0.25, 0.3) is 0 Å². The highest BCUT2D eigenvalue weighted by molar-refractivity contribution is 6.38. The van der Waals surface area contributed by atoms with E-state index in [9.17, 15) is 0 Å². The van der Waals surface area contributed by atoms with Crippen molar-refractivity contribution in [3.8, 4) is 11.5 Å². The fraction of sp³-hybridized carbons (Fsp3) is 0.143. The Kier molecular flexibility index (Phi) is 5.44. The molecule has 111 valence electrons. The molecule has 0 aliphatic heterocycles. The van der Waals surface area contributed by atoms with Crippen LogP contribution in [0, 0.1) is 0 Å². The third kappa shape index (κ3) is 4.99. The van der Waals surface area contributed by atoms with Gasteiger partial charge in [0, 0.05) is 17.9 Å². The molecule has 21 heavy (non-hydrogen) atoms. The minimum Gasteiger partial charge on any atom is -0.489 e. The molecular formula is C14H18N3O3Si. The Morgan fingerprint density at radius 1 is 0.762 bits per heavy atom. The van der Waals surface area contributed by atoms with Crippen molar-refractivity contribution in [2.45, 2.75) is 0 Å². The first-order chi connectivity index (χ1) is 10.2.